The highest BCUT2D eigenvalue weighted by molar-refractivity contribution is 4.57. The molecule has 0 radical (unpaired) electrons. The van der Waals surface area contributed by atoms with E-state index in [9.17, 15) is 13.2 Å². The molecule has 0 saturated carbocycles. The highest BCUT2D eigenvalue weighted by atomic mass is 19.4. The summed E-state index contributed by atoms with van der Waals surface area (Å²) in [6.07, 6.45) is -1.19. The Morgan fingerprint density at radius 2 is 1.60 bits per heavy atom. The van der Waals surface area contributed by atoms with E-state index in [4.69, 9.17) is 5.11 Å². The van der Waals surface area contributed by atoms with Crippen molar-refractivity contribution >= 4 is 0 Å². The Morgan fingerprint density at radius 1 is 1.00 bits per heavy atom. The smallest absolute Gasteiger partial charge is 0.390 e. The zero-order chi connectivity index (χ0) is 11.7. The largest absolute Gasteiger partial charge is 0.396 e. The number of nitrogens with zero attached hydrogens (tertiary/aromatic N) is 1. The van der Waals surface area contributed by atoms with E-state index >= 15 is 0 Å². The number of hydrogen-bond donors (Lipinski definition) is 1. The summed E-state index contributed by atoms with van der Waals surface area (Å²) >= 11 is 0. The zero-order valence-electron chi connectivity index (χ0n) is 9.19. The van der Waals surface area contributed by atoms with Crippen LogP contribution in [0, 0.1) is 0 Å². The monoisotopic (exact) mass is 227 g/mol. The van der Waals surface area contributed by atoms with Crippen LogP contribution in [-0.4, -0.2) is 42.9 Å². The Morgan fingerprint density at radius 3 is 2.13 bits per heavy atom. The Hall–Kier alpha value is -0.290. The lowest BCUT2D eigenvalue weighted by atomic mass is 10.2. The maximum Gasteiger partial charge on any atom is 0.390 e. The maximum atomic E-state index is 11.9. The number of alkyl halides is 3. The van der Waals surface area contributed by atoms with Gasteiger partial charge in [0.2, 0.25) is 0 Å². The lowest BCUT2D eigenvalue weighted by Gasteiger charge is -2.17. The summed E-state index contributed by atoms with van der Waals surface area (Å²) in [7, 11) is 1.71. The molecule has 0 spiro atoms. The van der Waals surface area contributed by atoms with Crippen molar-refractivity contribution in [3.63, 3.8) is 0 Å². The lowest BCUT2D eigenvalue weighted by Crippen LogP contribution is -2.25. The van der Waals surface area contributed by atoms with Gasteiger partial charge >= 0.3 is 6.18 Å². The first-order valence-electron chi connectivity index (χ1n) is 5.32. The average molecular weight is 227 g/mol. The lowest BCUT2D eigenvalue weighted by molar-refractivity contribution is -0.137. The molecule has 5 heteroatoms. The number of hydrogen-bond acceptors (Lipinski definition) is 2. The topological polar surface area (TPSA) is 23.5 Å². The predicted octanol–water partition coefficient (Wildman–Crippen LogP) is 2.42. The van der Waals surface area contributed by atoms with Crippen LogP contribution in [-0.2, 0) is 0 Å². The molecule has 92 valence electrons. The molecule has 2 nitrogen and oxygen atoms in total. The van der Waals surface area contributed by atoms with Gasteiger partial charge in [-0.25, -0.2) is 0 Å². The fourth-order valence-corrected chi connectivity index (χ4v) is 1.28. The summed E-state index contributed by atoms with van der Waals surface area (Å²) in [5.74, 6) is 0. The van der Waals surface area contributed by atoms with Crippen molar-refractivity contribution in [3.8, 4) is 0 Å². The molecule has 0 heterocycles. The molecule has 0 aromatic rings. The minimum atomic E-state index is -4.05. The number of aliphatic hydroxyl groups is 1. The summed E-state index contributed by atoms with van der Waals surface area (Å²) in [4.78, 5) is 1.70. The third-order valence-corrected chi connectivity index (χ3v) is 2.22. The molecule has 1 N–H and O–H groups in total. The van der Waals surface area contributed by atoms with Crippen molar-refractivity contribution in [2.45, 2.75) is 38.3 Å². The molecule has 0 bridgehead atoms. The van der Waals surface area contributed by atoms with Gasteiger partial charge in [0.15, 0.2) is 0 Å². The molecule has 0 saturated heterocycles. The first-order chi connectivity index (χ1) is 6.95. The molecule has 0 rings (SSSR count). The van der Waals surface area contributed by atoms with Gasteiger partial charge in [0.05, 0.1) is 6.42 Å². The van der Waals surface area contributed by atoms with Crippen molar-refractivity contribution in [1.82, 2.24) is 4.90 Å². The maximum absolute atomic E-state index is 11.9. The van der Waals surface area contributed by atoms with Crippen molar-refractivity contribution < 1.29 is 18.3 Å². The molecular formula is C10H20F3NO. The number of aliphatic hydroxyl groups excluding tert-OH is 1. The van der Waals surface area contributed by atoms with Crippen LogP contribution < -0.4 is 0 Å². The summed E-state index contributed by atoms with van der Waals surface area (Å²) in [5.41, 5.74) is 0. The average Bonchev–Trinajstić information content (AvgIpc) is 2.13. The second-order valence-corrected chi connectivity index (χ2v) is 3.81. The van der Waals surface area contributed by atoms with Crippen molar-refractivity contribution in [2.24, 2.45) is 0 Å². The molecule has 0 aliphatic carbocycles. The SMILES string of the molecule is CN(CCCCCCO)CCC(F)(F)F. The number of rotatable bonds is 8. The van der Waals surface area contributed by atoms with Crippen LogP contribution in [0.5, 0.6) is 0 Å². The van der Waals surface area contributed by atoms with E-state index in [0.29, 0.717) is 6.54 Å². The van der Waals surface area contributed by atoms with Crippen LogP contribution in [0.25, 0.3) is 0 Å². The summed E-state index contributed by atoms with van der Waals surface area (Å²) in [6, 6.07) is 0. The summed E-state index contributed by atoms with van der Waals surface area (Å²) in [6.45, 7) is 0.967. The van der Waals surface area contributed by atoms with Gasteiger partial charge in [0, 0.05) is 13.2 Å². The first kappa shape index (κ1) is 14.7. The van der Waals surface area contributed by atoms with Crippen molar-refractivity contribution in [2.75, 3.05) is 26.7 Å². The van der Waals surface area contributed by atoms with Crippen LogP contribution in [0.15, 0.2) is 0 Å². The molecule has 0 aromatic heterocycles. The Labute approximate surface area is 89.1 Å². The molecule has 0 aliphatic rings. The second kappa shape index (κ2) is 7.93. The Bertz CT molecular complexity index is 150. The quantitative estimate of drug-likeness (QED) is 0.644. The van der Waals surface area contributed by atoms with Gasteiger partial charge in [0.25, 0.3) is 0 Å². The third kappa shape index (κ3) is 11.6. The van der Waals surface area contributed by atoms with Gasteiger partial charge in [0.1, 0.15) is 0 Å². The Balaban J connectivity index is 3.30. The zero-order valence-corrected chi connectivity index (χ0v) is 9.19. The van der Waals surface area contributed by atoms with E-state index in [2.05, 4.69) is 0 Å². The molecule has 0 atom stereocenters. The van der Waals surface area contributed by atoms with Crippen LogP contribution in [0.4, 0.5) is 13.2 Å². The van der Waals surface area contributed by atoms with Crippen LogP contribution in [0.1, 0.15) is 32.1 Å². The van der Waals surface area contributed by atoms with Crippen LogP contribution >= 0.6 is 0 Å². The van der Waals surface area contributed by atoms with E-state index in [-0.39, 0.29) is 13.2 Å². The predicted molar refractivity (Wildman–Crippen MR) is 53.7 cm³/mol. The van der Waals surface area contributed by atoms with E-state index in [1.54, 1.807) is 11.9 Å². The van der Waals surface area contributed by atoms with Gasteiger partial charge in [-0.05, 0) is 26.4 Å². The Kier molecular flexibility index (Phi) is 7.78. The molecule has 0 aromatic carbocycles. The van der Waals surface area contributed by atoms with E-state index < -0.39 is 12.6 Å². The van der Waals surface area contributed by atoms with Crippen molar-refractivity contribution in [1.29, 1.82) is 0 Å². The molecule has 0 amide bonds. The van der Waals surface area contributed by atoms with Gasteiger partial charge in [-0.2, -0.15) is 13.2 Å². The van der Waals surface area contributed by atoms with E-state index in [0.717, 1.165) is 25.7 Å². The third-order valence-electron chi connectivity index (χ3n) is 2.22. The molecular weight excluding hydrogens is 207 g/mol. The molecule has 0 unspecified atom stereocenters. The molecule has 0 fully saturated rings. The first-order valence-corrected chi connectivity index (χ1v) is 5.32. The minimum Gasteiger partial charge on any atom is -0.396 e. The van der Waals surface area contributed by atoms with E-state index in [1.165, 1.54) is 0 Å². The van der Waals surface area contributed by atoms with Gasteiger partial charge < -0.3 is 10.0 Å². The highest BCUT2D eigenvalue weighted by Crippen LogP contribution is 2.19. The van der Waals surface area contributed by atoms with Gasteiger partial charge in [-0.3, -0.25) is 0 Å². The van der Waals surface area contributed by atoms with Gasteiger partial charge in [-0.15, -0.1) is 0 Å². The fraction of sp³-hybridized carbons (Fsp3) is 1.00. The summed E-state index contributed by atoms with van der Waals surface area (Å²) < 4.78 is 35.6. The normalized spacial score (nSPS) is 12.4. The van der Waals surface area contributed by atoms with Gasteiger partial charge in [-0.1, -0.05) is 12.8 Å². The number of halogens is 3. The highest BCUT2D eigenvalue weighted by Gasteiger charge is 2.26. The standard InChI is InChI=1S/C10H20F3NO/c1-14(8-6-10(11,12)13)7-4-2-3-5-9-15/h15H,2-9H2,1H3. The fourth-order valence-electron chi connectivity index (χ4n) is 1.28. The molecule has 15 heavy (non-hydrogen) atoms. The number of unbranched alkanes of at least 4 members (excludes halogenated alkanes) is 3. The second-order valence-electron chi connectivity index (χ2n) is 3.81. The minimum absolute atomic E-state index is 0.0729. The summed E-state index contributed by atoms with van der Waals surface area (Å²) in [5, 5.41) is 8.51. The van der Waals surface area contributed by atoms with Crippen molar-refractivity contribution in [3.05, 3.63) is 0 Å². The molecule has 0 aliphatic heterocycles. The van der Waals surface area contributed by atoms with Crippen LogP contribution in [0.3, 0.4) is 0 Å². The van der Waals surface area contributed by atoms with Crippen LogP contribution in [0.2, 0.25) is 0 Å². The van der Waals surface area contributed by atoms with E-state index in [1.807, 2.05) is 0 Å².